The fourth-order valence-corrected chi connectivity index (χ4v) is 23.0. The van der Waals surface area contributed by atoms with Crippen molar-refractivity contribution in [3.05, 3.63) is 375 Å². The third kappa shape index (κ3) is 15.3. The van der Waals surface area contributed by atoms with E-state index in [1.807, 2.05) is 83.8 Å². The number of para-hydroxylation sites is 4. The van der Waals surface area contributed by atoms with Crippen molar-refractivity contribution in [3.63, 3.8) is 0 Å². The lowest BCUT2D eigenvalue weighted by Crippen LogP contribution is -2.41. The third-order valence-corrected chi connectivity index (χ3v) is 29.3. The highest BCUT2D eigenvalue weighted by Gasteiger charge is 2.44. The summed E-state index contributed by atoms with van der Waals surface area (Å²) < 4.78 is 31.0. The summed E-state index contributed by atoms with van der Waals surface area (Å²) in [6.45, 7) is 40.3. The van der Waals surface area contributed by atoms with Crippen LogP contribution in [0.2, 0.25) is 0 Å². The predicted octanol–water partition coefficient (Wildman–Crippen LogP) is 32.9. The Kier molecular flexibility index (Phi) is 22.0. The zero-order valence-corrected chi connectivity index (χ0v) is 76.0. The zero-order chi connectivity index (χ0) is 85.6. The zero-order valence-electron chi connectivity index (χ0n) is 73.6. The van der Waals surface area contributed by atoms with Crippen LogP contribution in [0.15, 0.2) is 331 Å². The number of anilines is 4. The lowest BCUT2D eigenvalue weighted by molar-refractivity contribution is 0.0401. The van der Waals surface area contributed by atoms with Crippen molar-refractivity contribution >= 4 is 161 Å². The molecule has 0 N–H and O–H groups in total. The average molecular weight is 1670 g/mol. The predicted molar refractivity (Wildman–Crippen MR) is 527 cm³/mol. The van der Waals surface area contributed by atoms with Gasteiger partial charge in [0.1, 0.15) is 61.2 Å². The molecule has 9 nitrogen and oxygen atoms in total. The van der Waals surface area contributed by atoms with E-state index in [-0.39, 0.29) is 27.8 Å². The first kappa shape index (κ1) is 82.0. The minimum Gasteiger partial charge on any atom is -0.472 e. The van der Waals surface area contributed by atoms with E-state index < -0.39 is 0 Å². The maximum absolute atomic E-state index is 6.48. The standard InChI is InChI=1S/C31H27NOS.C29H23NOS.C27H27NOS.C24H29NO2/c1-19-11-10-12-20(2)29(19)31-32(22(4)30(34-31)23-13-6-5-7-14-23)26-18-25-24-15-8-9-16-27(24)33-28(25)17-21(26)3;1-19-17-27-24(23-15-9-10-16-26(23)31-27)18-25(19)30-20(2)28(21-11-5-3-6-12-21)32-29(30)22-13-7-4-8-14-22;1-17-15-24-21(20-13-9-10-14-23(20)29-24)16-22(17)28-18(2)25(19-11-7-6-8-12-19)30-26(28)27(3,4)5;1-14(2)22-16(4)25(23(27-22)24(5,6)7)19-13-18-17-10-8-9-11-20(17)26-21(18)12-15(19)3/h5-18,31H,1-4H3;3-18,29H,1-2H3;6-16,26H,1-5H3;8-14,23H,1-7H3. The number of hydrogen-bond acceptors (Lipinski definition) is 12. The van der Waals surface area contributed by atoms with Gasteiger partial charge in [0, 0.05) is 109 Å². The molecular weight excluding hydrogens is 1570 g/mol. The fourth-order valence-electron chi connectivity index (χ4n) is 18.4. The van der Waals surface area contributed by atoms with Gasteiger partial charge >= 0.3 is 0 Å². The Balaban J connectivity index is 0.000000112. The molecule has 8 heterocycles. The number of ether oxygens (including phenoxy) is 1. The Hall–Kier alpha value is -11.9. The van der Waals surface area contributed by atoms with Crippen molar-refractivity contribution in [1.82, 2.24) is 0 Å². The van der Waals surface area contributed by atoms with E-state index in [1.54, 1.807) is 0 Å². The molecule has 0 amide bonds. The van der Waals surface area contributed by atoms with Gasteiger partial charge < -0.3 is 42.0 Å². The van der Waals surface area contributed by atoms with Crippen LogP contribution in [0.4, 0.5) is 22.7 Å². The van der Waals surface area contributed by atoms with Gasteiger partial charge in [-0.1, -0.05) is 303 Å². The normalized spacial score (nSPS) is 17.0. The molecule has 0 spiro atoms. The summed E-state index contributed by atoms with van der Waals surface area (Å²) >= 11 is 5.87. The molecule has 0 radical (unpaired) electrons. The van der Waals surface area contributed by atoms with Crippen LogP contribution in [-0.2, 0) is 4.74 Å². The summed E-state index contributed by atoms with van der Waals surface area (Å²) in [5.74, 6) is 1.45. The van der Waals surface area contributed by atoms with Crippen LogP contribution in [0.1, 0.15) is 155 Å². The molecule has 4 unspecified atom stereocenters. The van der Waals surface area contributed by atoms with Crippen LogP contribution in [0.25, 0.3) is 102 Å². The Morgan fingerprint density at radius 1 is 0.276 bits per heavy atom. The van der Waals surface area contributed by atoms with Crippen LogP contribution in [0.5, 0.6) is 0 Å². The number of thioether (sulfide) groups is 3. The van der Waals surface area contributed by atoms with Crippen LogP contribution in [-0.4, -0.2) is 11.6 Å². The number of aryl methyl sites for hydroxylation is 6. The summed E-state index contributed by atoms with van der Waals surface area (Å²) in [6.07, 6.45) is -0.0239. The van der Waals surface area contributed by atoms with Gasteiger partial charge in [-0.05, 0) is 209 Å². The van der Waals surface area contributed by atoms with Crippen molar-refractivity contribution in [1.29, 1.82) is 0 Å². The van der Waals surface area contributed by atoms with Crippen LogP contribution >= 0.6 is 35.3 Å². The Bertz CT molecular complexity index is 7030. The van der Waals surface area contributed by atoms with E-state index in [1.165, 1.54) is 148 Å². The number of benzene rings is 13. The molecule has 123 heavy (non-hydrogen) atoms. The summed E-state index contributed by atoms with van der Waals surface area (Å²) in [7, 11) is 0. The number of rotatable bonds is 10. The number of allylic oxidation sites excluding steroid dienone is 5. The maximum Gasteiger partial charge on any atom is 0.180 e. The molecule has 12 heteroatoms. The number of fused-ring (bicyclic) bond motifs is 12. The molecular formula is C111H106N4O5S3. The van der Waals surface area contributed by atoms with Gasteiger partial charge in [0.2, 0.25) is 0 Å². The Labute approximate surface area is 735 Å². The molecule has 0 aliphatic carbocycles. The highest BCUT2D eigenvalue weighted by Crippen LogP contribution is 2.59. The number of furan rings is 4. The lowest BCUT2D eigenvalue weighted by atomic mass is 9.92. The van der Waals surface area contributed by atoms with Crippen LogP contribution < -0.4 is 19.6 Å². The molecule has 4 aromatic heterocycles. The van der Waals surface area contributed by atoms with Gasteiger partial charge in [-0.3, -0.25) is 0 Å². The van der Waals surface area contributed by atoms with E-state index in [9.17, 15) is 0 Å². The second-order valence-electron chi connectivity index (χ2n) is 35.7. The van der Waals surface area contributed by atoms with E-state index in [0.29, 0.717) is 11.3 Å². The van der Waals surface area contributed by atoms with Gasteiger partial charge in [0.05, 0.1) is 11.1 Å². The highest BCUT2D eigenvalue weighted by atomic mass is 32.2. The second-order valence-corrected chi connectivity index (χ2v) is 39.0. The molecule has 0 saturated carbocycles. The minimum atomic E-state index is -0.0239. The molecule has 13 aromatic carbocycles. The maximum atomic E-state index is 6.48. The van der Waals surface area contributed by atoms with Crippen LogP contribution in [0.3, 0.4) is 0 Å². The summed E-state index contributed by atoms with van der Waals surface area (Å²) in [6, 6.07) is 101. The molecule has 0 saturated heterocycles. The van der Waals surface area contributed by atoms with Crippen LogP contribution in [0, 0.1) is 58.3 Å². The second kappa shape index (κ2) is 33.0. The van der Waals surface area contributed by atoms with E-state index in [2.05, 4.69) is 381 Å². The van der Waals surface area contributed by atoms with Crippen molar-refractivity contribution < 1.29 is 22.4 Å². The molecule has 21 rings (SSSR count). The summed E-state index contributed by atoms with van der Waals surface area (Å²) in [4.78, 5) is 14.0. The summed E-state index contributed by atoms with van der Waals surface area (Å²) in [5, 5.41) is 10.0. The minimum absolute atomic E-state index is 0.0161. The lowest BCUT2D eigenvalue weighted by Gasteiger charge is -2.37. The van der Waals surface area contributed by atoms with Gasteiger partial charge in [0.25, 0.3) is 0 Å². The van der Waals surface area contributed by atoms with Crippen molar-refractivity contribution in [2.45, 2.75) is 147 Å². The summed E-state index contributed by atoms with van der Waals surface area (Å²) in [5.41, 5.74) is 31.8. The largest absolute Gasteiger partial charge is 0.472 e. The number of hydrogen-bond donors (Lipinski definition) is 0. The van der Waals surface area contributed by atoms with Gasteiger partial charge in [-0.15, -0.1) is 0 Å². The monoisotopic (exact) mass is 1670 g/mol. The van der Waals surface area contributed by atoms with E-state index in [0.717, 1.165) is 66.6 Å². The van der Waals surface area contributed by atoms with Crippen molar-refractivity contribution in [2.75, 3.05) is 19.6 Å². The van der Waals surface area contributed by atoms with Crippen molar-refractivity contribution in [3.8, 4) is 0 Å². The molecule has 618 valence electrons. The topological polar surface area (TPSA) is 74.8 Å². The fraction of sp³-hybridized carbons (Fsp3) is 0.225. The molecule has 4 aliphatic heterocycles. The molecule has 4 aliphatic rings. The van der Waals surface area contributed by atoms with Gasteiger partial charge in [-0.25, -0.2) is 0 Å². The Morgan fingerprint density at radius 3 is 0.943 bits per heavy atom. The van der Waals surface area contributed by atoms with Gasteiger partial charge in [-0.2, -0.15) is 0 Å². The Morgan fingerprint density at radius 2 is 0.585 bits per heavy atom. The quantitative estimate of drug-likeness (QED) is 0.131. The average Bonchev–Trinajstić information content (AvgIpc) is 1.63. The first-order chi connectivity index (χ1) is 59.3. The molecule has 0 bridgehead atoms. The van der Waals surface area contributed by atoms with E-state index >= 15 is 0 Å². The highest BCUT2D eigenvalue weighted by molar-refractivity contribution is 8.09. The smallest absolute Gasteiger partial charge is 0.180 e. The molecule has 4 atom stereocenters. The molecule has 17 aromatic rings. The SMILES string of the molecule is CC1=C(C(C)C)OC(C(C)(C)C)N1c1cc2c(cc1C)oc1ccccc12.CC1=C(c2ccccc2)SC(C(C)(C)C)N1c1cc2c(cc1C)oc1ccccc12.CC1=C(c2ccccc2)SC(c2c(C)cccc2C)N1c1cc2c(cc1C)oc1ccccc12.CC1=C(c2ccccc2)SC(c2ccccc2)N1c1cc2c(cc1C)oc1ccccc12. The van der Waals surface area contributed by atoms with E-state index in [4.69, 9.17) is 22.4 Å². The van der Waals surface area contributed by atoms with Gasteiger partial charge in [0.15, 0.2) is 6.23 Å². The first-order valence-corrected chi connectivity index (χ1v) is 45.5. The number of nitrogens with zero attached hydrogens (tertiary/aromatic N) is 4. The first-order valence-electron chi connectivity index (χ1n) is 42.9. The molecule has 0 fully saturated rings. The third-order valence-electron chi connectivity index (χ3n) is 24.5. The van der Waals surface area contributed by atoms with Crippen molar-refractivity contribution in [2.24, 2.45) is 16.7 Å².